The number of hydrogen-bond acceptors (Lipinski definition) is 7. The third kappa shape index (κ3) is 4.21. The van der Waals surface area contributed by atoms with Crippen LogP contribution in [0.4, 0.5) is 11.6 Å². The summed E-state index contributed by atoms with van der Waals surface area (Å²) in [5.41, 5.74) is 0.435. The van der Waals surface area contributed by atoms with Gasteiger partial charge in [0.2, 0.25) is 0 Å². The Morgan fingerprint density at radius 1 is 0.774 bits per heavy atom. The second-order valence-electron chi connectivity index (χ2n) is 7.92. The number of hydrogen-bond donors (Lipinski definition) is 0. The highest BCUT2D eigenvalue weighted by Crippen LogP contribution is 2.19. The van der Waals surface area contributed by atoms with Crippen LogP contribution in [-0.4, -0.2) is 74.6 Å². The van der Waals surface area contributed by atoms with Gasteiger partial charge in [0.25, 0.3) is 5.91 Å². The molecule has 2 aliphatic rings. The minimum atomic E-state index is -0.0512. The molecule has 2 saturated heterocycles. The first kappa shape index (κ1) is 19.5. The number of piperazine rings is 1. The second-order valence-corrected chi connectivity index (χ2v) is 7.92. The summed E-state index contributed by atoms with van der Waals surface area (Å²) >= 11 is 0. The van der Waals surface area contributed by atoms with Crippen molar-refractivity contribution in [2.75, 3.05) is 49.1 Å². The monoisotopic (exact) mass is 418 g/mol. The number of aromatic nitrogens is 5. The van der Waals surface area contributed by atoms with E-state index < -0.39 is 0 Å². The Hall–Kier alpha value is -3.49. The number of rotatable bonds is 4. The molecule has 2 aliphatic heterocycles. The van der Waals surface area contributed by atoms with Gasteiger partial charge in [0.1, 0.15) is 35.8 Å². The van der Waals surface area contributed by atoms with Gasteiger partial charge in [-0.15, -0.1) is 0 Å². The van der Waals surface area contributed by atoms with Gasteiger partial charge in [0.05, 0.1) is 0 Å². The van der Waals surface area contributed by atoms with Crippen LogP contribution in [0.1, 0.15) is 29.8 Å². The molecule has 5 heterocycles. The van der Waals surface area contributed by atoms with Crippen molar-refractivity contribution >= 4 is 17.5 Å². The predicted octanol–water partition coefficient (Wildman–Crippen LogP) is 2.01. The second kappa shape index (κ2) is 8.71. The molecule has 5 rings (SSSR count). The summed E-state index contributed by atoms with van der Waals surface area (Å²) in [5.74, 6) is 2.55. The number of anilines is 2. The Morgan fingerprint density at radius 2 is 1.55 bits per heavy atom. The minimum Gasteiger partial charge on any atom is -0.356 e. The van der Waals surface area contributed by atoms with Gasteiger partial charge >= 0.3 is 0 Å². The summed E-state index contributed by atoms with van der Waals surface area (Å²) in [6.07, 6.45) is 10.4. The first-order valence-corrected chi connectivity index (χ1v) is 10.8. The molecule has 0 saturated carbocycles. The molecular formula is C22H26N8O. The lowest BCUT2D eigenvalue weighted by Crippen LogP contribution is -2.49. The van der Waals surface area contributed by atoms with Gasteiger partial charge < -0.3 is 14.7 Å². The SMILES string of the molecule is O=C(c1cn(-c2cc(N3CCCCC3)ncn2)cn1)N1CCN(c2ccccn2)CC1. The first-order valence-electron chi connectivity index (χ1n) is 10.8. The highest BCUT2D eigenvalue weighted by atomic mass is 16.2. The van der Waals surface area contributed by atoms with Crippen LogP contribution in [0, 0.1) is 0 Å². The van der Waals surface area contributed by atoms with E-state index in [0.29, 0.717) is 18.8 Å². The van der Waals surface area contributed by atoms with E-state index in [1.54, 1.807) is 29.6 Å². The summed E-state index contributed by atoms with van der Waals surface area (Å²) in [6.45, 7) is 4.86. The summed E-state index contributed by atoms with van der Waals surface area (Å²) in [5, 5.41) is 0. The van der Waals surface area contributed by atoms with Crippen LogP contribution in [0.2, 0.25) is 0 Å². The summed E-state index contributed by atoms with van der Waals surface area (Å²) in [7, 11) is 0. The fraction of sp³-hybridized carbons (Fsp3) is 0.409. The third-order valence-electron chi connectivity index (χ3n) is 5.92. The van der Waals surface area contributed by atoms with Gasteiger partial charge in [-0.1, -0.05) is 6.07 Å². The topological polar surface area (TPSA) is 83.3 Å². The molecule has 0 radical (unpaired) electrons. The Kier molecular flexibility index (Phi) is 5.47. The van der Waals surface area contributed by atoms with Crippen molar-refractivity contribution in [3.63, 3.8) is 0 Å². The molecule has 0 bridgehead atoms. The van der Waals surface area contributed by atoms with Crippen molar-refractivity contribution in [1.82, 2.24) is 29.4 Å². The van der Waals surface area contributed by atoms with Gasteiger partial charge in [-0.3, -0.25) is 9.36 Å². The number of piperidine rings is 1. The lowest BCUT2D eigenvalue weighted by Gasteiger charge is -2.35. The highest BCUT2D eigenvalue weighted by Gasteiger charge is 2.24. The van der Waals surface area contributed by atoms with Crippen LogP contribution in [-0.2, 0) is 0 Å². The first-order chi connectivity index (χ1) is 15.3. The maximum atomic E-state index is 13.0. The molecule has 3 aromatic heterocycles. The Balaban J connectivity index is 1.25. The van der Waals surface area contributed by atoms with E-state index in [4.69, 9.17) is 0 Å². The number of carbonyl (C=O) groups is 1. The summed E-state index contributed by atoms with van der Waals surface area (Å²) in [6, 6.07) is 7.86. The van der Waals surface area contributed by atoms with Crippen LogP contribution in [0.15, 0.2) is 49.3 Å². The van der Waals surface area contributed by atoms with Gasteiger partial charge in [-0.05, 0) is 31.4 Å². The molecule has 3 aromatic rings. The molecule has 2 fully saturated rings. The average Bonchev–Trinajstić information content (AvgIpc) is 3.35. The molecule has 0 unspecified atom stereocenters. The van der Waals surface area contributed by atoms with E-state index in [0.717, 1.165) is 43.6 Å². The zero-order valence-electron chi connectivity index (χ0n) is 17.5. The number of nitrogens with zero attached hydrogens (tertiary/aromatic N) is 8. The molecule has 0 aliphatic carbocycles. The van der Waals surface area contributed by atoms with E-state index in [2.05, 4.69) is 29.7 Å². The molecular weight excluding hydrogens is 392 g/mol. The lowest BCUT2D eigenvalue weighted by atomic mass is 10.1. The fourth-order valence-electron chi connectivity index (χ4n) is 4.17. The molecule has 1 amide bonds. The molecule has 0 aromatic carbocycles. The number of amides is 1. The van der Waals surface area contributed by atoms with Gasteiger partial charge in [-0.2, -0.15) is 0 Å². The number of imidazole rings is 1. The molecule has 31 heavy (non-hydrogen) atoms. The molecule has 0 N–H and O–H groups in total. The normalized spacial score (nSPS) is 17.1. The van der Waals surface area contributed by atoms with E-state index in [-0.39, 0.29) is 5.91 Å². The van der Waals surface area contributed by atoms with Crippen molar-refractivity contribution in [3.05, 3.63) is 55.0 Å². The Bertz CT molecular complexity index is 1020. The van der Waals surface area contributed by atoms with Crippen molar-refractivity contribution in [2.24, 2.45) is 0 Å². The molecule has 9 nitrogen and oxygen atoms in total. The number of carbonyl (C=O) groups excluding carboxylic acids is 1. The van der Waals surface area contributed by atoms with Crippen molar-refractivity contribution < 1.29 is 4.79 Å². The standard InChI is InChI=1S/C22H26N8O/c31-22(29-12-10-28(11-13-29)19-6-2-3-7-23-19)18-15-30(17-26-18)21-14-20(24-16-25-21)27-8-4-1-5-9-27/h2-3,6-7,14-17H,1,4-5,8-13H2. The lowest BCUT2D eigenvalue weighted by molar-refractivity contribution is 0.0741. The maximum Gasteiger partial charge on any atom is 0.274 e. The number of pyridine rings is 1. The minimum absolute atomic E-state index is 0.0512. The van der Waals surface area contributed by atoms with E-state index in [1.807, 2.05) is 29.2 Å². The average molecular weight is 419 g/mol. The van der Waals surface area contributed by atoms with Crippen LogP contribution in [0.25, 0.3) is 5.82 Å². The summed E-state index contributed by atoms with van der Waals surface area (Å²) in [4.78, 5) is 36.9. The van der Waals surface area contributed by atoms with Crippen LogP contribution < -0.4 is 9.80 Å². The largest absolute Gasteiger partial charge is 0.356 e. The van der Waals surface area contributed by atoms with E-state index in [9.17, 15) is 4.79 Å². The van der Waals surface area contributed by atoms with Gasteiger partial charge in [0.15, 0.2) is 0 Å². The van der Waals surface area contributed by atoms with E-state index in [1.165, 1.54) is 19.3 Å². The fourth-order valence-corrected chi connectivity index (χ4v) is 4.17. The highest BCUT2D eigenvalue weighted by molar-refractivity contribution is 5.92. The van der Waals surface area contributed by atoms with Crippen LogP contribution >= 0.6 is 0 Å². The summed E-state index contributed by atoms with van der Waals surface area (Å²) < 4.78 is 1.80. The van der Waals surface area contributed by atoms with Gasteiger partial charge in [0, 0.05) is 57.7 Å². The Labute approximate surface area is 181 Å². The molecule has 0 atom stereocenters. The van der Waals surface area contributed by atoms with Crippen molar-refractivity contribution in [3.8, 4) is 5.82 Å². The quantitative estimate of drug-likeness (QED) is 0.641. The van der Waals surface area contributed by atoms with Crippen molar-refractivity contribution in [1.29, 1.82) is 0 Å². The van der Waals surface area contributed by atoms with Crippen molar-refractivity contribution in [2.45, 2.75) is 19.3 Å². The molecule has 9 heteroatoms. The predicted molar refractivity (Wildman–Crippen MR) is 118 cm³/mol. The zero-order chi connectivity index (χ0) is 21.0. The smallest absolute Gasteiger partial charge is 0.274 e. The molecule has 160 valence electrons. The van der Waals surface area contributed by atoms with Crippen LogP contribution in [0.3, 0.4) is 0 Å². The third-order valence-corrected chi connectivity index (χ3v) is 5.92. The van der Waals surface area contributed by atoms with E-state index >= 15 is 0 Å². The maximum absolute atomic E-state index is 13.0. The van der Waals surface area contributed by atoms with Gasteiger partial charge in [-0.25, -0.2) is 19.9 Å². The zero-order valence-corrected chi connectivity index (χ0v) is 17.5. The van der Waals surface area contributed by atoms with Crippen LogP contribution in [0.5, 0.6) is 0 Å². The molecule has 0 spiro atoms. The Morgan fingerprint density at radius 3 is 2.32 bits per heavy atom.